The van der Waals surface area contributed by atoms with Crippen molar-refractivity contribution in [1.29, 1.82) is 0 Å². The van der Waals surface area contributed by atoms with E-state index in [4.69, 9.17) is 16.3 Å². The molecule has 1 aliphatic carbocycles. The molecule has 3 N–H and O–H groups in total. The van der Waals surface area contributed by atoms with Gasteiger partial charge in [0.1, 0.15) is 11.3 Å². The van der Waals surface area contributed by atoms with E-state index in [2.05, 4.69) is 42.8 Å². The highest BCUT2D eigenvalue weighted by atomic mass is 35.5. The van der Waals surface area contributed by atoms with Gasteiger partial charge in [-0.3, -0.25) is 4.79 Å². The molecule has 2 atom stereocenters. The number of fused-ring (bicyclic) bond motifs is 1. The molecular formula is C26H32ClN7O2. The Labute approximate surface area is 215 Å². The van der Waals surface area contributed by atoms with Crippen LogP contribution in [0.1, 0.15) is 51.0 Å². The summed E-state index contributed by atoms with van der Waals surface area (Å²) in [5.74, 6) is 1.64. The average molecular weight is 510 g/mol. The molecule has 0 radical (unpaired) electrons. The maximum atomic E-state index is 12.4. The van der Waals surface area contributed by atoms with E-state index in [-0.39, 0.29) is 23.9 Å². The fraction of sp³-hybridized carbons (Fsp3) is 0.500. The first kappa shape index (κ1) is 24.6. The van der Waals surface area contributed by atoms with Crippen molar-refractivity contribution in [2.75, 3.05) is 23.8 Å². The Bertz CT molecular complexity index is 1200. The highest BCUT2D eigenvalue weighted by Gasteiger charge is 2.27. The number of carbonyl (C=O) groups is 1. The van der Waals surface area contributed by atoms with E-state index in [1.165, 1.54) is 0 Å². The highest BCUT2D eigenvalue weighted by molar-refractivity contribution is 6.33. The molecular weight excluding hydrogens is 478 g/mol. The Hall–Kier alpha value is -3.04. The second-order valence-electron chi connectivity index (χ2n) is 9.86. The van der Waals surface area contributed by atoms with Gasteiger partial charge in [-0.15, -0.1) is 0 Å². The number of aromatic nitrogens is 4. The van der Waals surface area contributed by atoms with Crippen molar-refractivity contribution >= 4 is 40.2 Å². The van der Waals surface area contributed by atoms with Gasteiger partial charge in [0.15, 0.2) is 5.15 Å². The third-order valence-corrected chi connectivity index (χ3v) is 7.58. The first-order valence-corrected chi connectivity index (χ1v) is 13.0. The molecule has 4 heterocycles. The zero-order valence-electron chi connectivity index (χ0n) is 20.6. The molecule has 3 aromatic rings. The lowest BCUT2D eigenvalue weighted by Crippen LogP contribution is -2.49. The van der Waals surface area contributed by atoms with E-state index in [9.17, 15) is 4.79 Å². The third kappa shape index (κ3) is 5.68. The number of nitrogens with zero attached hydrogens (tertiary/aromatic N) is 4. The molecule has 1 unspecified atom stereocenters. The van der Waals surface area contributed by atoms with Crippen LogP contribution in [0.2, 0.25) is 5.15 Å². The smallest absolute Gasteiger partial charge is 0.227 e. The van der Waals surface area contributed by atoms with Gasteiger partial charge in [0, 0.05) is 41.6 Å². The highest BCUT2D eigenvalue weighted by Crippen LogP contribution is 2.30. The molecule has 36 heavy (non-hydrogen) atoms. The van der Waals surface area contributed by atoms with Crippen molar-refractivity contribution < 1.29 is 9.53 Å². The number of hydrogen-bond donors (Lipinski definition) is 3. The molecule has 1 aliphatic heterocycles. The molecule has 2 aliphatic rings. The maximum Gasteiger partial charge on any atom is 0.227 e. The predicted octanol–water partition coefficient (Wildman–Crippen LogP) is 4.16. The molecule has 1 saturated carbocycles. The predicted molar refractivity (Wildman–Crippen MR) is 140 cm³/mol. The molecule has 0 aromatic carbocycles. The van der Waals surface area contributed by atoms with Crippen molar-refractivity contribution in [3.05, 3.63) is 47.5 Å². The van der Waals surface area contributed by atoms with Crippen molar-refractivity contribution in [1.82, 2.24) is 25.3 Å². The molecule has 1 saturated heterocycles. The summed E-state index contributed by atoms with van der Waals surface area (Å²) >= 11 is 6.22. The molecule has 190 valence electrons. The van der Waals surface area contributed by atoms with Crippen LogP contribution < -0.4 is 16.0 Å². The van der Waals surface area contributed by atoms with E-state index in [0.717, 1.165) is 48.0 Å². The van der Waals surface area contributed by atoms with Crippen molar-refractivity contribution in [2.24, 2.45) is 5.92 Å². The number of hydrogen-bond acceptors (Lipinski definition) is 8. The van der Waals surface area contributed by atoms with Crippen molar-refractivity contribution in [3.8, 4) is 0 Å². The summed E-state index contributed by atoms with van der Waals surface area (Å²) in [6.45, 7) is 5.22. The van der Waals surface area contributed by atoms with Crippen LogP contribution in [0.4, 0.5) is 11.8 Å². The molecule has 3 aromatic heterocycles. The first-order valence-electron chi connectivity index (χ1n) is 12.6. The Kier molecular flexibility index (Phi) is 7.48. The third-order valence-electron chi connectivity index (χ3n) is 7.30. The lowest BCUT2D eigenvalue weighted by atomic mass is 9.82. The SMILES string of the molecule is CC(C(=O)NC1COC1)c1cnc(N[C@@H](C)C2CCC(Nc3ccc4ccnc(Cl)c4n3)CC2)nc1. The van der Waals surface area contributed by atoms with Crippen LogP contribution in [0.25, 0.3) is 10.9 Å². The topological polar surface area (TPSA) is 114 Å². The van der Waals surface area contributed by atoms with Crippen molar-refractivity contribution in [3.63, 3.8) is 0 Å². The van der Waals surface area contributed by atoms with Crippen molar-refractivity contribution in [2.45, 2.75) is 63.6 Å². The summed E-state index contributed by atoms with van der Waals surface area (Å²) in [5.41, 5.74) is 1.53. The Balaban J connectivity index is 1.10. The summed E-state index contributed by atoms with van der Waals surface area (Å²) in [5, 5.41) is 11.4. The summed E-state index contributed by atoms with van der Waals surface area (Å²) in [6, 6.07) is 6.69. The lowest BCUT2D eigenvalue weighted by molar-refractivity contribution is -0.126. The Morgan fingerprint density at radius 2 is 1.78 bits per heavy atom. The molecule has 9 nitrogen and oxygen atoms in total. The van der Waals surface area contributed by atoms with Crippen LogP contribution >= 0.6 is 11.6 Å². The van der Waals surface area contributed by atoms with Gasteiger partial charge in [0.25, 0.3) is 0 Å². The minimum absolute atomic E-state index is 0.0231. The summed E-state index contributed by atoms with van der Waals surface area (Å²) in [6.07, 6.45) is 9.50. The van der Waals surface area contributed by atoms with E-state index in [0.29, 0.717) is 36.3 Å². The average Bonchev–Trinajstić information content (AvgIpc) is 2.87. The number of pyridine rings is 2. The first-order chi connectivity index (χ1) is 17.5. The van der Waals surface area contributed by atoms with Gasteiger partial charge in [-0.2, -0.15) is 0 Å². The Morgan fingerprint density at radius 1 is 1.03 bits per heavy atom. The number of rotatable bonds is 8. The summed E-state index contributed by atoms with van der Waals surface area (Å²) < 4.78 is 5.11. The molecule has 10 heteroatoms. The van der Waals surface area contributed by atoms with Gasteiger partial charge in [-0.05, 0) is 63.6 Å². The van der Waals surface area contributed by atoms with Gasteiger partial charge in [-0.1, -0.05) is 11.6 Å². The fourth-order valence-corrected chi connectivity index (χ4v) is 5.03. The second kappa shape index (κ2) is 10.9. The van der Waals surface area contributed by atoms with E-state index in [1.54, 1.807) is 18.6 Å². The van der Waals surface area contributed by atoms with E-state index < -0.39 is 0 Å². The molecule has 0 spiro atoms. The number of carbonyl (C=O) groups excluding carboxylic acids is 1. The van der Waals surface area contributed by atoms with Crippen LogP contribution in [0, 0.1) is 5.92 Å². The maximum absolute atomic E-state index is 12.4. The zero-order chi connectivity index (χ0) is 25.1. The molecule has 0 bridgehead atoms. The summed E-state index contributed by atoms with van der Waals surface area (Å²) in [4.78, 5) is 30.1. The van der Waals surface area contributed by atoms with Crippen LogP contribution in [0.3, 0.4) is 0 Å². The minimum Gasteiger partial charge on any atom is -0.377 e. The van der Waals surface area contributed by atoms with Crippen LogP contribution in [0.5, 0.6) is 0 Å². The standard InChI is InChI=1S/C26H32ClN7O2/c1-15(25(35)33-21-13-36-14-21)19-11-29-26(30-12-19)31-16(2)17-3-6-20(7-4-17)32-22-8-5-18-9-10-28-24(27)23(18)34-22/h5,8-12,15-17,20-21H,3-4,6-7,13-14H2,1-2H3,(H,32,34)(H,33,35)(H,29,30,31)/t15?,16-,17?,20?/m0/s1. The summed E-state index contributed by atoms with van der Waals surface area (Å²) in [7, 11) is 0. The van der Waals surface area contributed by atoms with Gasteiger partial charge in [0.2, 0.25) is 11.9 Å². The van der Waals surface area contributed by atoms with Gasteiger partial charge >= 0.3 is 0 Å². The van der Waals surface area contributed by atoms with Gasteiger partial charge in [-0.25, -0.2) is 19.9 Å². The number of nitrogens with one attached hydrogen (secondary N) is 3. The number of amides is 1. The Morgan fingerprint density at radius 3 is 2.47 bits per heavy atom. The number of ether oxygens (including phenoxy) is 1. The van der Waals surface area contributed by atoms with E-state index in [1.807, 2.05) is 25.1 Å². The van der Waals surface area contributed by atoms with Crippen LogP contribution in [-0.2, 0) is 9.53 Å². The minimum atomic E-state index is -0.302. The lowest BCUT2D eigenvalue weighted by Gasteiger charge is -2.33. The monoisotopic (exact) mass is 509 g/mol. The van der Waals surface area contributed by atoms with Crippen LogP contribution in [0.15, 0.2) is 36.8 Å². The number of anilines is 2. The molecule has 5 rings (SSSR count). The van der Waals surface area contributed by atoms with Gasteiger partial charge < -0.3 is 20.7 Å². The second-order valence-corrected chi connectivity index (χ2v) is 10.2. The largest absolute Gasteiger partial charge is 0.377 e. The van der Waals surface area contributed by atoms with Gasteiger partial charge in [0.05, 0.1) is 25.2 Å². The molecule has 1 amide bonds. The number of halogens is 1. The zero-order valence-corrected chi connectivity index (χ0v) is 21.3. The molecule has 2 fully saturated rings. The normalized spacial score (nSPS) is 21.9. The van der Waals surface area contributed by atoms with Crippen LogP contribution in [-0.4, -0.2) is 57.2 Å². The quantitative estimate of drug-likeness (QED) is 0.388. The fourth-order valence-electron chi connectivity index (χ4n) is 4.82. The van der Waals surface area contributed by atoms with E-state index >= 15 is 0 Å².